The molecule has 2 heterocycles. The molecule has 1 amide bonds. The van der Waals surface area contributed by atoms with E-state index in [0.717, 1.165) is 17.6 Å². The van der Waals surface area contributed by atoms with Crippen LogP contribution in [0.25, 0.3) is 11.0 Å². The second-order valence-corrected chi connectivity index (χ2v) is 4.95. The maximum atomic E-state index is 12.0. The molecule has 1 aliphatic rings. The maximum absolute atomic E-state index is 12.0. The SMILES string of the molecule is Cl.O=C(Cn1nc2ccccc2n1)N[C@H]1CNCC[C@H]1O. The van der Waals surface area contributed by atoms with Gasteiger partial charge in [0.1, 0.15) is 17.6 Å². The lowest BCUT2D eigenvalue weighted by molar-refractivity contribution is -0.123. The summed E-state index contributed by atoms with van der Waals surface area (Å²) in [4.78, 5) is 13.3. The Morgan fingerprint density at radius 2 is 2.05 bits per heavy atom. The monoisotopic (exact) mass is 311 g/mol. The van der Waals surface area contributed by atoms with Gasteiger partial charge in [-0.05, 0) is 25.1 Å². The zero-order valence-electron chi connectivity index (χ0n) is 11.4. The summed E-state index contributed by atoms with van der Waals surface area (Å²) < 4.78 is 0. The number of hydrogen-bond donors (Lipinski definition) is 3. The molecule has 0 saturated carbocycles. The van der Waals surface area contributed by atoms with Crippen LogP contribution in [0.2, 0.25) is 0 Å². The van der Waals surface area contributed by atoms with Crippen LogP contribution in [0, 0.1) is 0 Å². The smallest absolute Gasteiger partial charge is 0.243 e. The first-order valence-corrected chi connectivity index (χ1v) is 6.70. The fourth-order valence-corrected chi connectivity index (χ4v) is 2.35. The van der Waals surface area contributed by atoms with Crippen molar-refractivity contribution in [1.82, 2.24) is 25.6 Å². The molecule has 1 aromatic carbocycles. The molecule has 21 heavy (non-hydrogen) atoms. The fraction of sp³-hybridized carbons (Fsp3) is 0.462. The number of amides is 1. The van der Waals surface area contributed by atoms with Crippen LogP contribution in [-0.4, -0.2) is 51.2 Å². The molecule has 1 aromatic heterocycles. The number of aliphatic hydroxyl groups excluding tert-OH is 1. The Labute approximate surface area is 128 Å². The van der Waals surface area contributed by atoms with E-state index < -0.39 is 6.10 Å². The third-order valence-corrected chi connectivity index (χ3v) is 3.41. The predicted molar refractivity (Wildman–Crippen MR) is 80.2 cm³/mol. The zero-order valence-corrected chi connectivity index (χ0v) is 12.2. The van der Waals surface area contributed by atoms with E-state index in [-0.39, 0.29) is 30.9 Å². The summed E-state index contributed by atoms with van der Waals surface area (Å²) in [5, 5.41) is 24.2. The Kier molecular flexibility index (Phi) is 5.11. The Morgan fingerprint density at radius 1 is 1.38 bits per heavy atom. The van der Waals surface area contributed by atoms with E-state index in [9.17, 15) is 9.90 Å². The van der Waals surface area contributed by atoms with E-state index in [1.807, 2.05) is 24.3 Å². The summed E-state index contributed by atoms with van der Waals surface area (Å²) >= 11 is 0. The molecule has 8 heteroatoms. The van der Waals surface area contributed by atoms with Crippen molar-refractivity contribution in [2.45, 2.75) is 25.1 Å². The fourth-order valence-electron chi connectivity index (χ4n) is 2.35. The van der Waals surface area contributed by atoms with Crippen LogP contribution in [0.15, 0.2) is 24.3 Å². The highest BCUT2D eigenvalue weighted by Gasteiger charge is 2.24. The van der Waals surface area contributed by atoms with Crippen molar-refractivity contribution in [1.29, 1.82) is 0 Å². The molecule has 0 aliphatic carbocycles. The number of carbonyl (C=O) groups is 1. The number of fused-ring (bicyclic) bond motifs is 1. The number of hydrogen-bond acceptors (Lipinski definition) is 5. The number of benzene rings is 1. The molecule has 1 fully saturated rings. The molecule has 0 radical (unpaired) electrons. The number of piperidine rings is 1. The van der Waals surface area contributed by atoms with Gasteiger partial charge in [0.25, 0.3) is 0 Å². The van der Waals surface area contributed by atoms with Gasteiger partial charge >= 0.3 is 0 Å². The van der Waals surface area contributed by atoms with Gasteiger partial charge in [0.05, 0.1) is 12.1 Å². The van der Waals surface area contributed by atoms with Crippen molar-refractivity contribution >= 4 is 29.3 Å². The van der Waals surface area contributed by atoms with Crippen molar-refractivity contribution in [2.75, 3.05) is 13.1 Å². The van der Waals surface area contributed by atoms with Gasteiger partial charge in [-0.1, -0.05) is 12.1 Å². The van der Waals surface area contributed by atoms with Gasteiger partial charge in [0.15, 0.2) is 0 Å². The number of aromatic nitrogens is 3. The molecule has 114 valence electrons. The Hall–Kier alpha value is -1.70. The van der Waals surface area contributed by atoms with Crippen LogP contribution in [0.3, 0.4) is 0 Å². The molecule has 2 atom stereocenters. The van der Waals surface area contributed by atoms with E-state index in [2.05, 4.69) is 20.8 Å². The van der Waals surface area contributed by atoms with Gasteiger partial charge in [-0.15, -0.1) is 12.4 Å². The van der Waals surface area contributed by atoms with Crippen LogP contribution < -0.4 is 10.6 Å². The molecule has 0 spiro atoms. The largest absolute Gasteiger partial charge is 0.391 e. The third-order valence-electron chi connectivity index (χ3n) is 3.41. The number of aliphatic hydroxyl groups is 1. The zero-order chi connectivity index (χ0) is 13.9. The van der Waals surface area contributed by atoms with E-state index in [1.54, 1.807) is 0 Å². The van der Waals surface area contributed by atoms with Crippen molar-refractivity contribution in [3.63, 3.8) is 0 Å². The minimum atomic E-state index is -0.496. The van der Waals surface area contributed by atoms with E-state index in [1.165, 1.54) is 4.80 Å². The third kappa shape index (κ3) is 3.69. The molecule has 3 N–H and O–H groups in total. The summed E-state index contributed by atoms with van der Waals surface area (Å²) in [6, 6.07) is 7.22. The number of carbonyl (C=O) groups excluding carboxylic acids is 1. The lowest BCUT2D eigenvalue weighted by Gasteiger charge is -2.28. The molecule has 0 bridgehead atoms. The number of nitrogens with zero attached hydrogens (tertiary/aromatic N) is 3. The average Bonchev–Trinajstić information content (AvgIpc) is 2.83. The van der Waals surface area contributed by atoms with Crippen LogP contribution >= 0.6 is 12.4 Å². The Balaban J connectivity index is 0.00000161. The van der Waals surface area contributed by atoms with Crippen LogP contribution in [0.4, 0.5) is 0 Å². The predicted octanol–water partition coefficient (Wildman–Crippen LogP) is -0.308. The summed E-state index contributed by atoms with van der Waals surface area (Å²) in [6.45, 7) is 1.42. The van der Waals surface area contributed by atoms with Gasteiger partial charge in [0.2, 0.25) is 5.91 Å². The minimum Gasteiger partial charge on any atom is -0.391 e. The van der Waals surface area contributed by atoms with E-state index in [0.29, 0.717) is 13.0 Å². The van der Waals surface area contributed by atoms with Crippen molar-refractivity contribution < 1.29 is 9.90 Å². The summed E-state index contributed by atoms with van der Waals surface area (Å²) in [7, 11) is 0. The Morgan fingerprint density at radius 3 is 2.67 bits per heavy atom. The molecule has 2 aromatic rings. The number of rotatable bonds is 3. The van der Waals surface area contributed by atoms with Crippen LogP contribution in [-0.2, 0) is 11.3 Å². The van der Waals surface area contributed by atoms with Crippen molar-refractivity contribution in [3.8, 4) is 0 Å². The first kappa shape index (κ1) is 15.7. The normalized spacial score (nSPS) is 21.8. The highest BCUT2D eigenvalue weighted by molar-refractivity contribution is 5.85. The average molecular weight is 312 g/mol. The molecule has 1 aliphatic heterocycles. The van der Waals surface area contributed by atoms with Crippen LogP contribution in [0.5, 0.6) is 0 Å². The minimum absolute atomic E-state index is 0. The molecular weight excluding hydrogens is 294 g/mol. The topological polar surface area (TPSA) is 92.1 Å². The maximum Gasteiger partial charge on any atom is 0.243 e. The summed E-state index contributed by atoms with van der Waals surface area (Å²) in [5.74, 6) is -0.196. The van der Waals surface area contributed by atoms with Crippen molar-refractivity contribution in [2.24, 2.45) is 0 Å². The number of nitrogens with one attached hydrogen (secondary N) is 2. The standard InChI is InChI=1S/C13H17N5O2.ClH/c19-12-5-6-14-7-11(12)15-13(20)8-18-16-9-3-1-2-4-10(9)17-18;/h1-4,11-12,14,19H,5-8H2,(H,15,20);1H/t11-,12+;/m0./s1. The van der Waals surface area contributed by atoms with Crippen LogP contribution in [0.1, 0.15) is 6.42 Å². The molecular formula is C13H18ClN5O2. The summed E-state index contributed by atoms with van der Waals surface area (Å²) in [5.41, 5.74) is 1.53. The van der Waals surface area contributed by atoms with Gasteiger partial charge in [-0.2, -0.15) is 15.0 Å². The van der Waals surface area contributed by atoms with E-state index in [4.69, 9.17) is 0 Å². The molecule has 7 nitrogen and oxygen atoms in total. The van der Waals surface area contributed by atoms with Gasteiger partial charge in [-0.3, -0.25) is 4.79 Å². The lowest BCUT2D eigenvalue weighted by Crippen LogP contribution is -2.54. The van der Waals surface area contributed by atoms with Gasteiger partial charge in [-0.25, -0.2) is 0 Å². The molecule has 3 rings (SSSR count). The summed E-state index contributed by atoms with van der Waals surface area (Å²) in [6.07, 6.45) is 0.152. The lowest BCUT2D eigenvalue weighted by atomic mass is 10.0. The first-order valence-electron chi connectivity index (χ1n) is 6.70. The van der Waals surface area contributed by atoms with Crippen molar-refractivity contribution in [3.05, 3.63) is 24.3 Å². The van der Waals surface area contributed by atoms with Gasteiger partial charge in [0, 0.05) is 6.54 Å². The second kappa shape index (κ2) is 6.84. The van der Waals surface area contributed by atoms with E-state index >= 15 is 0 Å². The quantitative estimate of drug-likeness (QED) is 0.723. The molecule has 0 unspecified atom stereocenters. The number of halogens is 1. The highest BCUT2D eigenvalue weighted by Crippen LogP contribution is 2.07. The highest BCUT2D eigenvalue weighted by atomic mass is 35.5. The second-order valence-electron chi connectivity index (χ2n) is 4.95. The Bertz CT molecular complexity index is 584. The first-order chi connectivity index (χ1) is 9.72. The van der Waals surface area contributed by atoms with Gasteiger partial charge < -0.3 is 15.7 Å². The molecule has 1 saturated heterocycles.